The van der Waals surface area contributed by atoms with Crippen LogP contribution in [0, 0.1) is 0 Å². The van der Waals surface area contributed by atoms with Crippen molar-refractivity contribution in [1.82, 2.24) is 0 Å². The average Bonchev–Trinajstić information content (AvgIpc) is 3.31. The Kier molecular flexibility index (Phi) is 16.3. The molecule has 0 saturated heterocycles. The number of phenols is 2. The largest absolute Gasteiger partial charge is 2.00 e. The molecule has 1 radical (unpaired) electrons. The number of carbonyl (C=O) groups excluding carboxylic acids is 2. The molecule has 0 bridgehead atoms. The summed E-state index contributed by atoms with van der Waals surface area (Å²) < 4.78 is 0. The van der Waals surface area contributed by atoms with Crippen LogP contribution < -0.4 is 10.2 Å². The number of hydrogen-bond donors (Lipinski definition) is 2. The number of carboxylic acids is 2. The number of aliphatic carboxylic acids is 2. The van der Waals surface area contributed by atoms with Crippen LogP contribution in [-0.4, -0.2) is 46.7 Å². The van der Waals surface area contributed by atoms with E-state index in [4.69, 9.17) is 29.8 Å². The summed E-state index contributed by atoms with van der Waals surface area (Å²) in [4.78, 5) is 27.7. The Balaban J connectivity index is 0.00000221. The van der Waals surface area contributed by atoms with Crippen molar-refractivity contribution >= 4 is 24.4 Å². The molecule has 1 saturated carbocycles. The van der Waals surface area contributed by atoms with Crippen LogP contribution in [0.25, 0.3) is 0 Å². The van der Waals surface area contributed by atoms with Gasteiger partial charge >= 0.3 is 16.8 Å². The third-order valence-corrected chi connectivity index (χ3v) is 7.88. The van der Waals surface area contributed by atoms with Crippen LogP contribution in [0.1, 0.15) is 150 Å². The number of aromatic hydroxyl groups is 2. The quantitative estimate of drug-likeness (QED) is 0.359. The van der Waals surface area contributed by atoms with E-state index in [0.29, 0.717) is 11.5 Å². The maximum absolute atomic E-state index is 11.2. The Labute approximate surface area is 299 Å². The van der Waals surface area contributed by atoms with Crippen molar-refractivity contribution in [2.75, 3.05) is 0 Å². The molecule has 1 fully saturated rings. The summed E-state index contributed by atoms with van der Waals surface area (Å²) in [6.07, 6.45) is 6.70. The molecule has 2 N–H and O–H groups in total. The van der Waals surface area contributed by atoms with Gasteiger partial charge in [0.25, 0.3) is 0 Å². The molecule has 3 rings (SSSR count). The molecular formula is C39H58CoN2O6. The zero-order valence-electron chi connectivity index (χ0n) is 31.5. The number of hydrogen-bond acceptors (Lipinski definition) is 8. The van der Waals surface area contributed by atoms with Gasteiger partial charge in [-0.15, -0.1) is 0 Å². The van der Waals surface area contributed by atoms with E-state index in [1.54, 1.807) is 0 Å². The van der Waals surface area contributed by atoms with Gasteiger partial charge in [0.1, 0.15) is 11.5 Å². The van der Waals surface area contributed by atoms with Crippen molar-refractivity contribution in [3.63, 3.8) is 0 Å². The molecule has 2 aromatic carbocycles. The van der Waals surface area contributed by atoms with Crippen molar-refractivity contribution in [3.05, 3.63) is 57.6 Å². The number of nitrogens with zero attached hydrogens (tertiary/aromatic N) is 2. The molecule has 9 heteroatoms. The second kappa shape index (κ2) is 17.5. The summed E-state index contributed by atoms with van der Waals surface area (Å²) >= 11 is 0. The molecule has 0 spiro atoms. The second-order valence-electron chi connectivity index (χ2n) is 16.5. The van der Waals surface area contributed by atoms with Crippen molar-refractivity contribution in [2.24, 2.45) is 9.98 Å². The first-order valence-electron chi connectivity index (χ1n) is 16.3. The van der Waals surface area contributed by atoms with Gasteiger partial charge in [-0.25, -0.2) is 0 Å². The van der Waals surface area contributed by atoms with Crippen molar-refractivity contribution in [1.29, 1.82) is 0 Å². The molecule has 2 aromatic rings. The smallest absolute Gasteiger partial charge is 0.550 e. The molecule has 1 aliphatic rings. The third-order valence-electron chi connectivity index (χ3n) is 7.88. The minimum absolute atomic E-state index is 0. The summed E-state index contributed by atoms with van der Waals surface area (Å²) in [5, 5.41) is 40.1. The molecule has 2 unspecified atom stereocenters. The van der Waals surface area contributed by atoms with E-state index in [1.165, 1.54) is 11.1 Å². The molecular weight excluding hydrogens is 651 g/mol. The zero-order chi connectivity index (χ0) is 36.7. The SMILES string of the molecule is CC(=O)[O-].CC(=O)[O-].CC(C)(C)c1cc(C=NC2CCCC2N=Cc2cc(C(C)(C)C)cc(C(C)(C)C)c2O)c(O)c(C(C)(C)C)c1.[Co+2]. The molecule has 1 aliphatic carbocycles. The number of benzene rings is 2. The predicted molar refractivity (Wildman–Crippen MR) is 189 cm³/mol. The molecule has 8 nitrogen and oxygen atoms in total. The van der Waals surface area contributed by atoms with Gasteiger partial charge in [-0.3, -0.25) is 9.98 Å². The molecule has 0 heterocycles. The van der Waals surface area contributed by atoms with E-state index in [0.717, 1.165) is 55.4 Å². The van der Waals surface area contributed by atoms with Crippen LogP contribution in [0.5, 0.6) is 11.5 Å². The van der Waals surface area contributed by atoms with Gasteiger partial charge in [-0.2, -0.15) is 0 Å². The van der Waals surface area contributed by atoms with Crippen LogP contribution >= 0.6 is 0 Å². The van der Waals surface area contributed by atoms with E-state index in [-0.39, 0.29) is 50.5 Å². The number of carboxylic acid groups (broad SMARTS) is 2. The van der Waals surface area contributed by atoms with Crippen LogP contribution in [0.2, 0.25) is 0 Å². The van der Waals surface area contributed by atoms with E-state index in [9.17, 15) is 10.2 Å². The fraction of sp³-hybridized carbons (Fsp3) is 0.590. The summed E-state index contributed by atoms with van der Waals surface area (Å²) in [5.41, 5.74) is 5.39. The molecule has 2 atom stereocenters. The Hall–Kier alpha value is -3.17. The Bertz CT molecular complexity index is 1330. The topological polar surface area (TPSA) is 145 Å². The van der Waals surface area contributed by atoms with Crippen LogP contribution in [0.3, 0.4) is 0 Å². The van der Waals surface area contributed by atoms with Gasteiger partial charge in [0.15, 0.2) is 0 Å². The standard InChI is InChI=1S/C35H52N2O2.2C2H4O2.Co/c1-32(2,3)24-16-22(30(38)26(18-24)34(7,8)9)20-36-28-14-13-15-29(28)37-21-23-17-25(33(4,5)6)19-27(31(23)39)35(10,11)12;2*1-2(3)4;/h16-21,28-29,38-39H,13-15H2,1-12H3;2*1H3,(H,3,4);/q;;;+2/p-2. The third kappa shape index (κ3) is 14.1. The van der Waals surface area contributed by atoms with Gasteiger partial charge in [-0.1, -0.05) is 95.2 Å². The van der Waals surface area contributed by atoms with Crippen molar-refractivity contribution in [2.45, 2.75) is 150 Å². The fourth-order valence-electron chi connectivity index (χ4n) is 5.14. The predicted octanol–water partition coefficient (Wildman–Crippen LogP) is 6.26. The van der Waals surface area contributed by atoms with E-state index in [1.807, 2.05) is 12.4 Å². The molecule has 0 amide bonds. The van der Waals surface area contributed by atoms with Crippen molar-refractivity contribution < 1.29 is 46.8 Å². The summed E-state index contributed by atoms with van der Waals surface area (Å²) in [5.74, 6) is -1.54. The monoisotopic (exact) mass is 709 g/mol. The number of rotatable bonds is 4. The Morgan fingerprint density at radius 2 is 0.896 bits per heavy atom. The Morgan fingerprint density at radius 3 is 1.12 bits per heavy atom. The number of aliphatic imine (C=N–C) groups is 2. The van der Waals surface area contributed by atoms with E-state index >= 15 is 0 Å². The first-order chi connectivity index (χ1) is 21.2. The van der Waals surface area contributed by atoms with Gasteiger partial charge in [0.2, 0.25) is 0 Å². The minimum atomic E-state index is -1.08. The summed E-state index contributed by atoms with van der Waals surface area (Å²) in [6.45, 7) is 27.9. The zero-order valence-corrected chi connectivity index (χ0v) is 32.5. The normalized spacial score (nSPS) is 16.9. The van der Waals surface area contributed by atoms with Crippen LogP contribution in [0.15, 0.2) is 34.3 Å². The number of carbonyl (C=O) groups is 2. The molecule has 0 aromatic heterocycles. The van der Waals surface area contributed by atoms with E-state index < -0.39 is 11.9 Å². The van der Waals surface area contributed by atoms with Gasteiger partial charge < -0.3 is 30.0 Å². The minimum Gasteiger partial charge on any atom is -0.550 e. The summed E-state index contributed by atoms with van der Waals surface area (Å²) in [7, 11) is 0. The van der Waals surface area contributed by atoms with Gasteiger partial charge in [0.05, 0.1) is 12.1 Å². The maximum atomic E-state index is 11.2. The van der Waals surface area contributed by atoms with Crippen molar-refractivity contribution in [3.8, 4) is 11.5 Å². The van der Waals surface area contributed by atoms with Gasteiger partial charge in [-0.05, 0) is 78.0 Å². The molecule has 269 valence electrons. The van der Waals surface area contributed by atoms with Crippen LogP contribution in [0.4, 0.5) is 0 Å². The van der Waals surface area contributed by atoms with Crippen LogP contribution in [-0.2, 0) is 48.0 Å². The van der Waals surface area contributed by atoms with E-state index in [2.05, 4.69) is 107 Å². The first kappa shape index (κ1) is 44.8. The average molecular weight is 710 g/mol. The Morgan fingerprint density at radius 1 is 0.625 bits per heavy atom. The molecule has 48 heavy (non-hydrogen) atoms. The number of phenolic OH excluding ortho intramolecular Hbond substituents is 2. The van der Waals surface area contributed by atoms with Gasteiger partial charge in [0, 0.05) is 46.6 Å². The summed E-state index contributed by atoms with van der Waals surface area (Å²) in [6, 6.07) is 8.52. The maximum Gasteiger partial charge on any atom is 2.00 e. The molecule has 0 aliphatic heterocycles. The second-order valence-corrected chi connectivity index (χ2v) is 16.5. The first-order valence-corrected chi connectivity index (χ1v) is 16.3. The fourth-order valence-corrected chi connectivity index (χ4v) is 5.14.